The largest absolute Gasteiger partial charge is 0.378 e. The highest BCUT2D eigenvalue weighted by Gasteiger charge is 2.26. The molecule has 1 atom stereocenters. The molecule has 1 fully saturated rings. The van der Waals surface area contributed by atoms with Crippen LogP contribution in [0.1, 0.15) is 43.7 Å². The third kappa shape index (κ3) is 7.53. The van der Waals surface area contributed by atoms with Crippen LogP contribution >= 0.6 is 0 Å². The Kier molecular flexibility index (Phi) is 9.67. The van der Waals surface area contributed by atoms with Crippen LogP contribution in [0.3, 0.4) is 0 Å². The van der Waals surface area contributed by atoms with E-state index in [4.69, 9.17) is 4.74 Å². The number of unbranched alkanes of at least 4 members (excludes halogenated alkanes) is 2. The van der Waals surface area contributed by atoms with E-state index in [-0.39, 0.29) is 18.0 Å². The molecular weight excluding hydrogens is 343 g/mol. The zero-order valence-corrected chi connectivity index (χ0v) is 16.5. The standard InChI is InChI=1S/C22H33FN2O2/c1-3-13-24(2)14-5-4-6-17-27-21-11-15-25(16-12-21)22(18-26)19-7-9-20(23)10-8-19/h3,7-10,18,21-22H,1,4-6,11-17H2,2H3. The fourth-order valence-electron chi connectivity index (χ4n) is 3.58. The minimum atomic E-state index is -0.292. The zero-order chi connectivity index (χ0) is 19.5. The van der Waals surface area contributed by atoms with Gasteiger partial charge < -0.3 is 14.4 Å². The molecule has 1 aliphatic heterocycles. The van der Waals surface area contributed by atoms with Crippen LogP contribution in [0.2, 0.25) is 0 Å². The van der Waals surface area contributed by atoms with Crippen molar-refractivity contribution in [3.05, 3.63) is 48.3 Å². The van der Waals surface area contributed by atoms with E-state index >= 15 is 0 Å². The van der Waals surface area contributed by atoms with Crippen molar-refractivity contribution in [3.63, 3.8) is 0 Å². The second-order valence-electron chi connectivity index (χ2n) is 7.35. The molecule has 27 heavy (non-hydrogen) atoms. The summed E-state index contributed by atoms with van der Waals surface area (Å²) in [5.74, 6) is -0.275. The van der Waals surface area contributed by atoms with Crippen molar-refractivity contribution in [2.24, 2.45) is 0 Å². The fraction of sp³-hybridized carbons (Fsp3) is 0.591. The lowest BCUT2D eigenvalue weighted by atomic mass is 10.0. The minimum absolute atomic E-state index is 0.275. The summed E-state index contributed by atoms with van der Waals surface area (Å²) in [4.78, 5) is 16.0. The van der Waals surface area contributed by atoms with Gasteiger partial charge in [-0.15, -0.1) is 6.58 Å². The summed E-state index contributed by atoms with van der Waals surface area (Å²) in [5.41, 5.74) is 0.854. The van der Waals surface area contributed by atoms with E-state index in [2.05, 4.69) is 23.4 Å². The smallest absolute Gasteiger partial charge is 0.141 e. The van der Waals surface area contributed by atoms with E-state index in [0.29, 0.717) is 0 Å². The number of hydrogen-bond donors (Lipinski definition) is 0. The molecule has 1 aliphatic rings. The Hall–Kier alpha value is -1.56. The number of piperidine rings is 1. The summed E-state index contributed by atoms with van der Waals surface area (Å²) < 4.78 is 19.1. The zero-order valence-electron chi connectivity index (χ0n) is 16.5. The molecule has 0 spiro atoms. The van der Waals surface area contributed by atoms with Crippen LogP contribution in [0.5, 0.6) is 0 Å². The second-order valence-corrected chi connectivity index (χ2v) is 7.35. The number of aldehydes is 1. The highest BCUT2D eigenvalue weighted by Crippen LogP contribution is 2.24. The average Bonchev–Trinajstić information content (AvgIpc) is 2.68. The lowest BCUT2D eigenvalue weighted by molar-refractivity contribution is -0.113. The summed E-state index contributed by atoms with van der Waals surface area (Å²) in [6.45, 7) is 8.26. The summed E-state index contributed by atoms with van der Waals surface area (Å²) >= 11 is 0. The van der Waals surface area contributed by atoms with Gasteiger partial charge in [0.25, 0.3) is 0 Å². The van der Waals surface area contributed by atoms with Crippen molar-refractivity contribution in [1.82, 2.24) is 9.80 Å². The first-order valence-electron chi connectivity index (χ1n) is 10.00. The van der Waals surface area contributed by atoms with Crippen molar-refractivity contribution in [3.8, 4) is 0 Å². The maximum atomic E-state index is 13.1. The molecule has 0 aromatic heterocycles. The molecule has 0 saturated carbocycles. The third-order valence-corrected chi connectivity index (χ3v) is 5.19. The van der Waals surface area contributed by atoms with E-state index in [0.717, 1.165) is 63.9 Å². The van der Waals surface area contributed by atoms with Crippen LogP contribution in [0.25, 0.3) is 0 Å². The maximum absolute atomic E-state index is 13.1. The highest BCUT2D eigenvalue weighted by molar-refractivity contribution is 5.61. The number of nitrogens with zero attached hydrogens (tertiary/aromatic N) is 2. The first-order chi connectivity index (χ1) is 13.1. The van der Waals surface area contributed by atoms with E-state index < -0.39 is 0 Å². The van der Waals surface area contributed by atoms with Crippen LogP contribution in [-0.2, 0) is 9.53 Å². The quantitative estimate of drug-likeness (QED) is 0.315. The number of likely N-dealkylation sites (tertiary alicyclic amines) is 1. The van der Waals surface area contributed by atoms with Gasteiger partial charge in [-0.25, -0.2) is 4.39 Å². The third-order valence-electron chi connectivity index (χ3n) is 5.19. The lowest BCUT2D eigenvalue weighted by Crippen LogP contribution is -2.40. The maximum Gasteiger partial charge on any atom is 0.141 e. The Balaban J connectivity index is 1.62. The van der Waals surface area contributed by atoms with E-state index in [1.807, 2.05) is 6.08 Å². The van der Waals surface area contributed by atoms with Crippen LogP contribution in [0.15, 0.2) is 36.9 Å². The molecule has 0 N–H and O–H groups in total. The Morgan fingerprint density at radius 2 is 1.96 bits per heavy atom. The van der Waals surface area contributed by atoms with Gasteiger partial charge in [0.05, 0.1) is 12.1 Å². The van der Waals surface area contributed by atoms with Crippen molar-refractivity contribution in [1.29, 1.82) is 0 Å². The van der Waals surface area contributed by atoms with Crippen molar-refractivity contribution >= 4 is 6.29 Å². The van der Waals surface area contributed by atoms with E-state index in [9.17, 15) is 9.18 Å². The first-order valence-corrected chi connectivity index (χ1v) is 10.00. The number of benzene rings is 1. The summed E-state index contributed by atoms with van der Waals surface area (Å²) in [6, 6.07) is 5.93. The number of carbonyl (C=O) groups excluding carboxylic acids is 1. The molecule has 0 radical (unpaired) electrons. The number of rotatable bonds is 12. The second kappa shape index (κ2) is 12.0. The van der Waals surface area contributed by atoms with Gasteiger partial charge in [-0.05, 0) is 63.4 Å². The van der Waals surface area contributed by atoms with Gasteiger partial charge in [0, 0.05) is 26.2 Å². The normalized spacial score (nSPS) is 17.1. The molecule has 0 bridgehead atoms. The summed E-state index contributed by atoms with van der Waals surface area (Å²) in [6.07, 6.45) is 8.50. The van der Waals surface area contributed by atoms with E-state index in [1.165, 1.54) is 25.0 Å². The molecule has 1 aromatic carbocycles. The fourth-order valence-corrected chi connectivity index (χ4v) is 3.58. The van der Waals surface area contributed by atoms with Gasteiger partial charge in [-0.2, -0.15) is 0 Å². The monoisotopic (exact) mass is 376 g/mol. The number of halogens is 1. The van der Waals surface area contributed by atoms with Gasteiger partial charge in [0.2, 0.25) is 0 Å². The topological polar surface area (TPSA) is 32.8 Å². The molecule has 1 heterocycles. The predicted octanol–water partition coefficient (Wildman–Crippen LogP) is 3.83. The molecule has 4 nitrogen and oxygen atoms in total. The van der Waals surface area contributed by atoms with Crippen molar-refractivity contribution in [2.45, 2.75) is 44.2 Å². The van der Waals surface area contributed by atoms with E-state index in [1.54, 1.807) is 12.1 Å². The van der Waals surface area contributed by atoms with Crippen molar-refractivity contribution in [2.75, 3.05) is 39.8 Å². The number of carbonyl (C=O) groups is 1. The minimum Gasteiger partial charge on any atom is -0.378 e. The van der Waals surface area contributed by atoms with Gasteiger partial charge in [-0.3, -0.25) is 4.90 Å². The molecule has 0 amide bonds. The van der Waals surface area contributed by atoms with Crippen LogP contribution in [-0.4, -0.2) is 62.0 Å². The molecule has 0 aliphatic carbocycles. The number of hydrogen-bond acceptors (Lipinski definition) is 4. The highest BCUT2D eigenvalue weighted by atomic mass is 19.1. The van der Waals surface area contributed by atoms with Crippen LogP contribution in [0.4, 0.5) is 4.39 Å². The van der Waals surface area contributed by atoms with Gasteiger partial charge in [0.1, 0.15) is 12.1 Å². The molecule has 1 saturated heterocycles. The summed E-state index contributed by atoms with van der Waals surface area (Å²) in [7, 11) is 2.12. The van der Waals surface area contributed by atoms with Gasteiger partial charge in [0.15, 0.2) is 0 Å². The molecule has 2 rings (SSSR count). The van der Waals surface area contributed by atoms with Crippen LogP contribution in [0, 0.1) is 5.82 Å². The number of ether oxygens (including phenoxy) is 1. The average molecular weight is 377 g/mol. The Labute approximate surface area is 163 Å². The molecule has 1 unspecified atom stereocenters. The van der Waals surface area contributed by atoms with Gasteiger partial charge >= 0.3 is 0 Å². The Morgan fingerprint density at radius 3 is 2.59 bits per heavy atom. The Morgan fingerprint density at radius 1 is 1.26 bits per heavy atom. The molecule has 5 heteroatoms. The molecule has 150 valence electrons. The summed E-state index contributed by atoms with van der Waals surface area (Å²) in [5, 5.41) is 0. The molecule has 1 aromatic rings. The van der Waals surface area contributed by atoms with Gasteiger partial charge in [-0.1, -0.05) is 18.2 Å². The predicted molar refractivity (Wildman–Crippen MR) is 107 cm³/mol. The SMILES string of the molecule is C=CCN(C)CCCCCOC1CCN(C(C=O)c2ccc(F)cc2)CC1. The lowest BCUT2D eigenvalue weighted by Gasteiger charge is -2.35. The van der Waals surface area contributed by atoms with Crippen molar-refractivity contribution < 1.29 is 13.9 Å². The first kappa shape index (κ1) is 21.7. The molecular formula is C22H33FN2O2. The Bertz CT molecular complexity index is 556. The number of likely N-dealkylation sites (N-methyl/N-ethyl adjacent to an activating group) is 1. The van der Waals surface area contributed by atoms with Crippen LogP contribution < -0.4 is 0 Å².